The zero-order valence-corrected chi connectivity index (χ0v) is 17.6. The number of carbonyl (C=O) groups excluding carboxylic acids is 2. The largest absolute Gasteiger partial charge is 0.508 e. The van der Waals surface area contributed by atoms with Gasteiger partial charge in [-0.1, -0.05) is 30.3 Å². The van der Waals surface area contributed by atoms with Gasteiger partial charge in [-0.25, -0.2) is 9.59 Å². The van der Waals surface area contributed by atoms with Gasteiger partial charge in [0.05, 0.1) is 22.0 Å². The van der Waals surface area contributed by atoms with E-state index in [0.29, 0.717) is 12.2 Å². The van der Waals surface area contributed by atoms with Gasteiger partial charge in [0.2, 0.25) is 0 Å². The van der Waals surface area contributed by atoms with E-state index in [0.717, 1.165) is 5.56 Å². The van der Waals surface area contributed by atoms with Crippen LogP contribution in [0.5, 0.6) is 0 Å². The molecule has 0 saturated carbocycles. The third-order valence-electron chi connectivity index (χ3n) is 5.53. The number of hydrogen-bond donors (Lipinski definition) is 2. The van der Waals surface area contributed by atoms with Gasteiger partial charge in [-0.3, -0.25) is 10.1 Å². The van der Waals surface area contributed by atoms with Gasteiger partial charge >= 0.3 is 11.9 Å². The summed E-state index contributed by atoms with van der Waals surface area (Å²) in [4.78, 5) is 37.7. The number of nitrogens with zero attached hydrogens (tertiary/aromatic N) is 2. The van der Waals surface area contributed by atoms with Gasteiger partial charge in [0.25, 0.3) is 5.69 Å². The van der Waals surface area contributed by atoms with E-state index in [1.165, 1.54) is 18.2 Å². The molecule has 33 heavy (non-hydrogen) atoms. The second kappa shape index (κ2) is 8.65. The fourth-order valence-electron chi connectivity index (χ4n) is 4.02. The van der Waals surface area contributed by atoms with Crippen LogP contribution in [0.1, 0.15) is 17.0 Å². The maximum absolute atomic E-state index is 12.5. The number of rotatable bonds is 7. The molecule has 2 heterocycles. The number of nitro groups is 1. The highest BCUT2D eigenvalue weighted by atomic mass is 16.6. The van der Waals surface area contributed by atoms with E-state index < -0.39 is 47.5 Å². The normalized spacial score (nSPS) is 15.8. The molecule has 2 aromatic rings. The minimum absolute atomic E-state index is 0.170. The van der Waals surface area contributed by atoms with Crippen molar-refractivity contribution in [3.63, 3.8) is 0 Å². The van der Waals surface area contributed by atoms with Crippen LogP contribution < -0.4 is 4.90 Å². The number of cyclic esters (lactones) is 2. The molecule has 0 radical (unpaired) electrons. The first kappa shape index (κ1) is 21.9. The number of aliphatic hydroxyl groups excluding tert-OH is 2. The summed E-state index contributed by atoms with van der Waals surface area (Å²) >= 11 is 0. The molecule has 0 saturated heterocycles. The van der Waals surface area contributed by atoms with Crippen molar-refractivity contribution in [2.24, 2.45) is 0 Å². The van der Waals surface area contributed by atoms with Crippen molar-refractivity contribution in [3.05, 3.63) is 92.4 Å². The first-order chi connectivity index (χ1) is 15.8. The number of esters is 2. The van der Waals surface area contributed by atoms with Crippen molar-refractivity contribution in [3.8, 4) is 0 Å². The molecule has 0 atom stereocenters. The summed E-state index contributed by atoms with van der Waals surface area (Å²) in [5.41, 5.74) is 0.740. The van der Waals surface area contributed by atoms with Gasteiger partial charge in [-0.2, -0.15) is 0 Å². The van der Waals surface area contributed by atoms with Gasteiger partial charge in [0, 0.05) is 31.4 Å². The Kier molecular flexibility index (Phi) is 5.74. The lowest BCUT2D eigenvalue weighted by Gasteiger charge is -2.27. The fraction of sp³-hybridized carbons (Fsp3) is 0.217. The minimum Gasteiger partial charge on any atom is -0.508 e. The molecule has 0 amide bonds. The minimum atomic E-state index is -1.33. The lowest BCUT2D eigenvalue weighted by molar-refractivity contribution is -0.384. The van der Waals surface area contributed by atoms with E-state index in [1.54, 1.807) is 11.9 Å². The molecule has 4 rings (SSSR count). The van der Waals surface area contributed by atoms with Crippen LogP contribution in [0.3, 0.4) is 0 Å². The smallest absolute Gasteiger partial charge is 0.338 e. The molecule has 170 valence electrons. The van der Waals surface area contributed by atoms with Gasteiger partial charge in [0.1, 0.15) is 24.7 Å². The van der Waals surface area contributed by atoms with Crippen molar-refractivity contribution in [2.45, 2.75) is 12.5 Å². The summed E-state index contributed by atoms with van der Waals surface area (Å²) in [5.74, 6) is -3.95. The number of hydrogen-bond acceptors (Lipinski definition) is 9. The van der Waals surface area contributed by atoms with Crippen molar-refractivity contribution in [2.75, 3.05) is 25.2 Å². The van der Waals surface area contributed by atoms with E-state index in [9.17, 15) is 29.9 Å². The maximum Gasteiger partial charge on any atom is 0.338 e. The first-order valence-electron chi connectivity index (χ1n) is 9.99. The molecule has 10 nitrogen and oxygen atoms in total. The number of benzene rings is 2. The monoisotopic (exact) mass is 452 g/mol. The lowest BCUT2D eigenvalue weighted by Crippen LogP contribution is -2.23. The zero-order chi connectivity index (χ0) is 23.7. The molecular weight excluding hydrogens is 432 g/mol. The molecule has 0 unspecified atom stereocenters. The molecular formula is C23H20N2O8. The molecule has 2 aliphatic rings. The van der Waals surface area contributed by atoms with E-state index in [1.807, 2.05) is 30.3 Å². The Morgan fingerprint density at radius 2 is 1.58 bits per heavy atom. The first-order valence-corrected chi connectivity index (χ1v) is 9.99. The van der Waals surface area contributed by atoms with E-state index >= 15 is 0 Å². The van der Waals surface area contributed by atoms with Crippen LogP contribution in [0.4, 0.5) is 11.4 Å². The average Bonchev–Trinajstić information content (AvgIpc) is 3.30. The molecule has 0 fully saturated rings. The van der Waals surface area contributed by atoms with Crippen molar-refractivity contribution < 1.29 is 34.2 Å². The SMILES string of the molecule is CN(Cc1ccccc1)c1ccc([N+](=O)[O-])cc1C(C1=C(O)COC1=O)C1=C(O)COC1=O. The average molecular weight is 452 g/mol. The Bertz CT molecular complexity index is 1160. The number of ether oxygens (including phenoxy) is 2. The second-order valence-corrected chi connectivity index (χ2v) is 7.65. The van der Waals surface area contributed by atoms with Crippen LogP contribution >= 0.6 is 0 Å². The van der Waals surface area contributed by atoms with Crippen molar-refractivity contribution in [1.29, 1.82) is 0 Å². The molecule has 0 aromatic heterocycles. The molecule has 0 spiro atoms. The van der Waals surface area contributed by atoms with Crippen LogP contribution in [0.25, 0.3) is 0 Å². The number of anilines is 1. The third kappa shape index (κ3) is 4.10. The Hall–Kier alpha value is -4.34. The van der Waals surface area contributed by atoms with E-state index in [4.69, 9.17) is 9.47 Å². The quantitative estimate of drug-likeness (QED) is 0.368. The Labute approximate surface area is 188 Å². The summed E-state index contributed by atoms with van der Waals surface area (Å²) in [7, 11) is 1.75. The zero-order valence-electron chi connectivity index (χ0n) is 17.6. The Morgan fingerprint density at radius 1 is 1.00 bits per heavy atom. The maximum atomic E-state index is 12.5. The molecule has 0 aliphatic carbocycles. The third-order valence-corrected chi connectivity index (χ3v) is 5.53. The number of carbonyl (C=O) groups is 2. The van der Waals surface area contributed by atoms with Gasteiger partial charge in [0.15, 0.2) is 0 Å². The van der Waals surface area contributed by atoms with Crippen molar-refractivity contribution >= 4 is 23.3 Å². The number of non-ortho nitro benzene ring substituents is 1. The summed E-state index contributed by atoms with van der Waals surface area (Å²) in [6.45, 7) is -0.404. The van der Waals surface area contributed by atoms with Gasteiger partial charge in [-0.15, -0.1) is 0 Å². The van der Waals surface area contributed by atoms with Crippen LogP contribution in [0, 0.1) is 10.1 Å². The standard InChI is InChI=1S/C23H20N2O8/c1-24(10-13-5-3-2-4-6-13)16-8-7-14(25(30)31)9-15(16)19(20-17(26)11-32-22(20)28)21-18(27)12-33-23(21)29/h2-9,19,26-27H,10-12H2,1H3. The highest BCUT2D eigenvalue weighted by Gasteiger charge is 2.43. The van der Waals surface area contributed by atoms with E-state index in [2.05, 4.69) is 0 Å². The molecule has 10 heteroatoms. The highest BCUT2D eigenvalue weighted by molar-refractivity contribution is 6.01. The predicted octanol–water partition coefficient (Wildman–Crippen LogP) is 3.05. The molecule has 2 aliphatic heterocycles. The molecule has 2 aromatic carbocycles. The molecule has 2 N–H and O–H groups in total. The second-order valence-electron chi connectivity index (χ2n) is 7.65. The topological polar surface area (TPSA) is 139 Å². The Morgan fingerprint density at radius 3 is 2.06 bits per heavy atom. The molecule has 0 bridgehead atoms. The summed E-state index contributed by atoms with van der Waals surface area (Å²) in [6.07, 6.45) is 0. The van der Waals surface area contributed by atoms with Crippen LogP contribution in [0.2, 0.25) is 0 Å². The van der Waals surface area contributed by atoms with E-state index in [-0.39, 0.29) is 22.4 Å². The lowest BCUT2D eigenvalue weighted by atomic mass is 9.82. The summed E-state index contributed by atoms with van der Waals surface area (Å²) < 4.78 is 9.83. The fourth-order valence-corrected chi connectivity index (χ4v) is 4.02. The number of aliphatic hydroxyl groups is 2. The Balaban J connectivity index is 1.92. The summed E-state index contributed by atoms with van der Waals surface area (Å²) in [6, 6.07) is 13.5. The van der Waals surface area contributed by atoms with Crippen LogP contribution in [-0.2, 0) is 25.6 Å². The highest BCUT2D eigenvalue weighted by Crippen LogP contribution is 2.44. The van der Waals surface area contributed by atoms with Crippen LogP contribution in [-0.4, -0.2) is 47.3 Å². The summed E-state index contributed by atoms with van der Waals surface area (Å²) in [5, 5.41) is 32.3. The van der Waals surface area contributed by atoms with Gasteiger partial charge in [-0.05, 0) is 17.2 Å². The predicted molar refractivity (Wildman–Crippen MR) is 116 cm³/mol. The van der Waals surface area contributed by atoms with Crippen molar-refractivity contribution in [1.82, 2.24) is 0 Å². The van der Waals surface area contributed by atoms with Gasteiger partial charge < -0.3 is 24.6 Å². The number of nitro benzene ring substituents is 1. The van der Waals surface area contributed by atoms with Crippen LogP contribution in [0.15, 0.2) is 71.2 Å².